The first-order valence-electron chi connectivity index (χ1n) is 4.86. The van der Waals surface area contributed by atoms with Gasteiger partial charge >= 0.3 is 11.9 Å². The first-order chi connectivity index (χ1) is 6.60. The molecule has 14 heavy (non-hydrogen) atoms. The summed E-state index contributed by atoms with van der Waals surface area (Å²) in [6.45, 7) is 3.87. The lowest BCUT2D eigenvalue weighted by molar-refractivity contribution is -0.152. The topological polar surface area (TPSA) is 52.6 Å². The molecule has 1 atom stereocenters. The lowest BCUT2D eigenvalue weighted by Crippen LogP contribution is -2.15. The average Bonchev–Trinajstić information content (AvgIpc) is 2.14. The monoisotopic (exact) mass is 202 g/mol. The quantitative estimate of drug-likeness (QED) is 0.615. The van der Waals surface area contributed by atoms with Crippen LogP contribution in [0.1, 0.15) is 39.5 Å². The zero-order valence-electron chi connectivity index (χ0n) is 9.04. The molecule has 0 aromatic heterocycles. The highest BCUT2D eigenvalue weighted by Gasteiger charge is 2.10. The van der Waals surface area contributed by atoms with Crippen LogP contribution in [-0.4, -0.2) is 25.2 Å². The Morgan fingerprint density at radius 1 is 1.21 bits per heavy atom. The summed E-state index contributed by atoms with van der Waals surface area (Å²) in [5.41, 5.74) is 0. The zero-order valence-corrected chi connectivity index (χ0v) is 9.04. The van der Waals surface area contributed by atoms with E-state index in [1.165, 1.54) is 7.11 Å². The Morgan fingerprint density at radius 2 is 1.79 bits per heavy atom. The number of ether oxygens (including phenoxy) is 2. The maximum absolute atomic E-state index is 11.1. The highest BCUT2D eigenvalue weighted by atomic mass is 16.5. The minimum absolute atomic E-state index is 0.0647. The van der Waals surface area contributed by atoms with Gasteiger partial charge in [-0.3, -0.25) is 9.59 Å². The predicted octanol–water partition coefficient (Wildman–Crippen LogP) is 1.67. The molecular weight excluding hydrogens is 184 g/mol. The van der Waals surface area contributed by atoms with Crippen LogP contribution in [0.15, 0.2) is 0 Å². The molecule has 0 rings (SSSR count). The van der Waals surface area contributed by atoms with Crippen molar-refractivity contribution in [3.05, 3.63) is 0 Å². The van der Waals surface area contributed by atoms with Gasteiger partial charge in [0.15, 0.2) is 0 Å². The van der Waals surface area contributed by atoms with Gasteiger partial charge in [0.05, 0.1) is 26.1 Å². The summed E-state index contributed by atoms with van der Waals surface area (Å²) in [6, 6.07) is 0. The molecule has 0 radical (unpaired) electrons. The number of methoxy groups -OCH3 is 1. The fourth-order valence-corrected chi connectivity index (χ4v) is 1.05. The van der Waals surface area contributed by atoms with Crippen molar-refractivity contribution in [2.45, 2.75) is 45.6 Å². The summed E-state index contributed by atoms with van der Waals surface area (Å²) in [6.07, 6.45) is 1.95. The summed E-state index contributed by atoms with van der Waals surface area (Å²) < 4.78 is 9.45. The molecule has 0 heterocycles. The maximum Gasteiger partial charge on any atom is 0.306 e. The number of carbonyl (C=O) groups is 2. The largest absolute Gasteiger partial charge is 0.469 e. The van der Waals surface area contributed by atoms with Crippen LogP contribution in [0, 0.1) is 0 Å². The Hall–Kier alpha value is -1.06. The third kappa shape index (κ3) is 6.46. The molecular formula is C10H18O4. The van der Waals surface area contributed by atoms with E-state index in [-0.39, 0.29) is 30.9 Å². The number of hydrogen-bond acceptors (Lipinski definition) is 4. The molecule has 4 heteroatoms. The van der Waals surface area contributed by atoms with Crippen LogP contribution in [0.2, 0.25) is 0 Å². The van der Waals surface area contributed by atoms with Crippen LogP contribution in [-0.2, 0) is 19.1 Å². The number of esters is 2. The van der Waals surface area contributed by atoms with Gasteiger partial charge in [0.1, 0.15) is 0 Å². The molecule has 0 fully saturated rings. The molecule has 4 nitrogen and oxygen atoms in total. The van der Waals surface area contributed by atoms with Crippen LogP contribution >= 0.6 is 0 Å². The molecule has 1 unspecified atom stereocenters. The van der Waals surface area contributed by atoms with E-state index in [1.54, 1.807) is 0 Å². The third-order valence-electron chi connectivity index (χ3n) is 1.79. The van der Waals surface area contributed by atoms with Gasteiger partial charge in [0.2, 0.25) is 0 Å². The molecule has 0 bridgehead atoms. The lowest BCUT2D eigenvalue weighted by atomic mass is 10.2. The normalized spacial score (nSPS) is 11.9. The average molecular weight is 202 g/mol. The van der Waals surface area contributed by atoms with Gasteiger partial charge in [-0.05, 0) is 13.3 Å². The molecule has 0 aliphatic carbocycles. The second-order valence-corrected chi connectivity index (χ2v) is 3.17. The van der Waals surface area contributed by atoms with Crippen LogP contribution in [0.5, 0.6) is 0 Å². The highest BCUT2D eigenvalue weighted by Crippen LogP contribution is 2.04. The van der Waals surface area contributed by atoms with Crippen molar-refractivity contribution in [2.24, 2.45) is 0 Å². The molecule has 0 aromatic carbocycles. The van der Waals surface area contributed by atoms with Crippen molar-refractivity contribution < 1.29 is 19.1 Å². The molecule has 82 valence electrons. The number of hydrogen-bond donors (Lipinski definition) is 0. The molecule has 0 N–H and O–H groups in total. The Kier molecular flexibility index (Phi) is 6.80. The Labute approximate surface area is 84.6 Å². The van der Waals surface area contributed by atoms with Gasteiger partial charge in [-0.2, -0.15) is 0 Å². The summed E-state index contributed by atoms with van der Waals surface area (Å²) >= 11 is 0. The molecule has 0 aliphatic rings. The minimum atomic E-state index is -0.384. The second-order valence-electron chi connectivity index (χ2n) is 3.17. The number of rotatable bonds is 6. The van der Waals surface area contributed by atoms with Gasteiger partial charge in [-0.15, -0.1) is 0 Å². The van der Waals surface area contributed by atoms with E-state index in [0.29, 0.717) is 0 Å². The van der Waals surface area contributed by atoms with Gasteiger partial charge in [-0.25, -0.2) is 0 Å². The van der Waals surface area contributed by atoms with E-state index in [4.69, 9.17) is 4.74 Å². The molecule has 0 saturated carbocycles. The number of carbonyl (C=O) groups excluding carboxylic acids is 2. The second kappa shape index (κ2) is 7.35. The Morgan fingerprint density at radius 3 is 2.29 bits per heavy atom. The van der Waals surface area contributed by atoms with Crippen molar-refractivity contribution in [3.63, 3.8) is 0 Å². The first kappa shape index (κ1) is 12.9. The fraction of sp³-hybridized carbons (Fsp3) is 0.800. The van der Waals surface area contributed by atoms with Gasteiger partial charge < -0.3 is 9.47 Å². The minimum Gasteiger partial charge on any atom is -0.469 e. The Balaban J connectivity index is 3.59. The van der Waals surface area contributed by atoms with Gasteiger partial charge in [0, 0.05) is 0 Å². The molecule has 0 amide bonds. The van der Waals surface area contributed by atoms with Gasteiger partial charge in [0.25, 0.3) is 0 Å². The van der Waals surface area contributed by atoms with E-state index in [9.17, 15) is 9.59 Å². The van der Waals surface area contributed by atoms with Gasteiger partial charge in [-0.1, -0.05) is 13.3 Å². The van der Waals surface area contributed by atoms with Crippen molar-refractivity contribution in [1.82, 2.24) is 0 Å². The van der Waals surface area contributed by atoms with Crippen LogP contribution in [0.25, 0.3) is 0 Å². The van der Waals surface area contributed by atoms with Crippen LogP contribution in [0.4, 0.5) is 0 Å². The Bertz CT molecular complexity index is 189. The summed E-state index contributed by atoms with van der Waals surface area (Å²) in [4.78, 5) is 21.8. The summed E-state index contributed by atoms with van der Waals surface area (Å²) in [5.74, 6) is -0.721. The third-order valence-corrected chi connectivity index (χ3v) is 1.79. The summed E-state index contributed by atoms with van der Waals surface area (Å²) in [7, 11) is 1.30. The lowest BCUT2D eigenvalue weighted by Gasteiger charge is -2.11. The predicted molar refractivity (Wildman–Crippen MR) is 51.7 cm³/mol. The van der Waals surface area contributed by atoms with Crippen LogP contribution in [0.3, 0.4) is 0 Å². The van der Waals surface area contributed by atoms with Crippen LogP contribution < -0.4 is 0 Å². The van der Waals surface area contributed by atoms with E-state index in [2.05, 4.69) is 4.74 Å². The zero-order chi connectivity index (χ0) is 11.0. The summed E-state index contributed by atoms with van der Waals surface area (Å²) in [5, 5.41) is 0. The molecule has 0 saturated heterocycles. The van der Waals surface area contributed by atoms with E-state index >= 15 is 0 Å². The maximum atomic E-state index is 11.1. The van der Waals surface area contributed by atoms with Crippen molar-refractivity contribution >= 4 is 11.9 Å². The van der Waals surface area contributed by atoms with E-state index in [1.807, 2.05) is 13.8 Å². The van der Waals surface area contributed by atoms with Crippen molar-refractivity contribution in [1.29, 1.82) is 0 Å². The van der Waals surface area contributed by atoms with E-state index < -0.39 is 0 Å². The van der Waals surface area contributed by atoms with Crippen molar-refractivity contribution in [2.75, 3.05) is 7.11 Å². The molecule has 0 spiro atoms. The standard InChI is InChI=1S/C10H18O4/c1-4-5-8(2)14-10(12)7-6-9(11)13-3/h8H,4-7H2,1-3H3. The first-order valence-corrected chi connectivity index (χ1v) is 4.86. The van der Waals surface area contributed by atoms with Crippen molar-refractivity contribution in [3.8, 4) is 0 Å². The molecule has 0 aliphatic heterocycles. The van der Waals surface area contributed by atoms with E-state index in [0.717, 1.165) is 12.8 Å². The SMILES string of the molecule is CCCC(C)OC(=O)CCC(=O)OC. The molecule has 0 aromatic rings. The smallest absolute Gasteiger partial charge is 0.306 e. The highest BCUT2D eigenvalue weighted by molar-refractivity contribution is 5.77. The fourth-order valence-electron chi connectivity index (χ4n) is 1.05.